The summed E-state index contributed by atoms with van der Waals surface area (Å²) in [6.07, 6.45) is 0. The van der Waals surface area contributed by atoms with E-state index in [1.54, 1.807) is 31.2 Å². The maximum Gasteiger partial charge on any atom is 0.255 e. The second-order valence-corrected chi connectivity index (χ2v) is 5.84. The van der Waals surface area contributed by atoms with Crippen molar-refractivity contribution in [3.05, 3.63) is 62.3 Å². The normalized spacial score (nSPS) is 10.4. The number of nitrogens with one attached hydrogen (secondary N) is 1. The number of hydrogen-bond donors (Lipinski definition) is 1. The van der Waals surface area contributed by atoms with Crippen LogP contribution in [0.15, 0.2) is 34.8 Å². The minimum Gasteiger partial charge on any atom is -0.322 e. The lowest BCUT2D eigenvalue weighted by Crippen LogP contribution is -2.13. The Balaban J connectivity index is 2.30. The van der Waals surface area contributed by atoms with E-state index in [0.29, 0.717) is 26.3 Å². The molecule has 2 aromatic carbocycles. The molecule has 0 saturated heterocycles. The summed E-state index contributed by atoms with van der Waals surface area (Å²) in [7, 11) is 0. The van der Waals surface area contributed by atoms with E-state index < -0.39 is 0 Å². The molecule has 104 valence electrons. The Morgan fingerprint density at radius 3 is 2.55 bits per heavy atom. The number of halogens is 3. The van der Waals surface area contributed by atoms with Crippen LogP contribution in [0.1, 0.15) is 21.5 Å². The topological polar surface area (TPSA) is 29.1 Å². The fourth-order valence-electron chi connectivity index (χ4n) is 1.84. The monoisotopic (exact) mass is 355 g/mol. The fourth-order valence-corrected chi connectivity index (χ4v) is 2.48. The average Bonchev–Trinajstić information content (AvgIpc) is 2.34. The Hall–Kier alpha value is -1.39. The summed E-state index contributed by atoms with van der Waals surface area (Å²) in [6, 6.07) is 8.02. The lowest BCUT2D eigenvalue weighted by atomic mass is 10.1. The lowest BCUT2D eigenvalue weighted by Gasteiger charge is -2.10. The van der Waals surface area contributed by atoms with E-state index in [0.717, 1.165) is 5.56 Å². The van der Waals surface area contributed by atoms with Crippen molar-refractivity contribution in [1.82, 2.24) is 0 Å². The molecule has 5 heteroatoms. The molecule has 0 saturated carbocycles. The van der Waals surface area contributed by atoms with E-state index in [1.165, 1.54) is 6.07 Å². The molecule has 0 aliphatic heterocycles. The molecule has 0 heterocycles. The summed E-state index contributed by atoms with van der Waals surface area (Å²) in [5.74, 6) is -0.642. The van der Waals surface area contributed by atoms with Crippen LogP contribution in [0.4, 0.5) is 10.1 Å². The zero-order valence-electron chi connectivity index (χ0n) is 10.9. The number of carbonyl (C=O) groups excluding carboxylic acids is 1. The summed E-state index contributed by atoms with van der Waals surface area (Å²) in [5.41, 5.74) is 2.58. The maximum atomic E-state index is 13.3. The van der Waals surface area contributed by atoms with Gasteiger partial charge >= 0.3 is 0 Å². The third-order valence-corrected chi connectivity index (χ3v) is 3.65. The molecule has 0 bridgehead atoms. The van der Waals surface area contributed by atoms with Gasteiger partial charge < -0.3 is 5.32 Å². The number of anilines is 1. The van der Waals surface area contributed by atoms with E-state index >= 15 is 0 Å². The highest BCUT2D eigenvalue weighted by Gasteiger charge is 2.11. The van der Waals surface area contributed by atoms with Crippen molar-refractivity contribution >= 4 is 39.1 Å². The van der Waals surface area contributed by atoms with Crippen LogP contribution >= 0.6 is 27.5 Å². The Morgan fingerprint density at radius 1 is 1.20 bits per heavy atom. The first kappa shape index (κ1) is 15.0. The third-order valence-electron chi connectivity index (χ3n) is 2.82. The van der Waals surface area contributed by atoms with Gasteiger partial charge in [0.05, 0.1) is 4.47 Å². The van der Waals surface area contributed by atoms with Crippen LogP contribution in [0.2, 0.25) is 5.02 Å². The molecule has 0 unspecified atom stereocenters. The molecule has 2 nitrogen and oxygen atoms in total. The van der Waals surface area contributed by atoms with Crippen LogP contribution in [0.3, 0.4) is 0 Å². The van der Waals surface area contributed by atoms with Crippen LogP contribution < -0.4 is 5.32 Å². The van der Waals surface area contributed by atoms with Crippen LogP contribution in [0.25, 0.3) is 0 Å². The Morgan fingerprint density at radius 2 is 1.90 bits per heavy atom. The first-order valence-corrected chi connectivity index (χ1v) is 7.08. The molecular weight excluding hydrogens is 345 g/mol. The predicted octanol–water partition coefficient (Wildman–Crippen LogP) is 5.11. The zero-order valence-corrected chi connectivity index (χ0v) is 13.3. The van der Waals surface area contributed by atoms with Crippen molar-refractivity contribution in [2.24, 2.45) is 0 Å². The van der Waals surface area contributed by atoms with Crippen molar-refractivity contribution in [3.8, 4) is 0 Å². The van der Waals surface area contributed by atoms with E-state index in [1.807, 2.05) is 6.92 Å². The molecule has 0 radical (unpaired) electrons. The molecule has 1 N–H and O–H groups in total. The van der Waals surface area contributed by atoms with Crippen molar-refractivity contribution in [2.75, 3.05) is 5.32 Å². The minimum absolute atomic E-state index is 0.280. The minimum atomic E-state index is -0.362. The molecule has 1 amide bonds. The number of rotatable bonds is 2. The SMILES string of the molecule is Cc1cc(Cl)cc(C(=O)Nc2cc(Br)c(F)cc2C)c1. The highest BCUT2D eigenvalue weighted by molar-refractivity contribution is 9.10. The van der Waals surface area contributed by atoms with Gasteiger partial charge in [-0.25, -0.2) is 4.39 Å². The molecule has 0 atom stereocenters. The summed E-state index contributed by atoms with van der Waals surface area (Å²) >= 11 is 9.04. The smallest absolute Gasteiger partial charge is 0.255 e. The Labute approximate surface area is 130 Å². The van der Waals surface area contributed by atoms with E-state index in [2.05, 4.69) is 21.2 Å². The third kappa shape index (κ3) is 3.38. The summed E-state index contributed by atoms with van der Waals surface area (Å²) < 4.78 is 13.7. The van der Waals surface area contributed by atoms with Gasteiger partial charge in [0, 0.05) is 16.3 Å². The first-order chi connectivity index (χ1) is 9.36. The number of amides is 1. The van der Waals surface area contributed by atoms with Crippen LogP contribution in [0.5, 0.6) is 0 Å². The number of carbonyl (C=O) groups is 1. The lowest BCUT2D eigenvalue weighted by molar-refractivity contribution is 0.102. The second kappa shape index (κ2) is 5.94. The van der Waals surface area contributed by atoms with Gasteiger partial charge in [0.1, 0.15) is 5.82 Å². The molecule has 0 fully saturated rings. The summed E-state index contributed by atoms with van der Waals surface area (Å²) in [5, 5.41) is 3.26. The van der Waals surface area contributed by atoms with Gasteiger partial charge in [-0.2, -0.15) is 0 Å². The predicted molar refractivity (Wildman–Crippen MR) is 83.0 cm³/mol. The molecular formula is C15H12BrClFNO. The van der Waals surface area contributed by atoms with E-state index in [-0.39, 0.29) is 11.7 Å². The summed E-state index contributed by atoms with van der Waals surface area (Å²) in [4.78, 5) is 12.2. The maximum absolute atomic E-state index is 13.3. The fraction of sp³-hybridized carbons (Fsp3) is 0.133. The summed E-state index contributed by atoms with van der Waals surface area (Å²) in [6.45, 7) is 3.59. The van der Waals surface area contributed by atoms with Gasteiger partial charge in [-0.15, -0.1) is 0 Å². The van der Waals surface area contributed by atoms with Crippen molar-refractivity contribution in [3.63, 3.8) is 0 Å². The van der Waals surface area contributed by atoms with Crippen molar-refractivity contribution < 1.29 is 9.18 Å². The van der Waals surface area contributed by atoms with E-state index in [4.69, 9.17) is 11.6 Å². The Kier molecular flexibility index (Phi) is 4.45. The first-order valence-electron chi connectivity index (χ1n) is 5.91. The van der Waals surface area contributed by atoms with Crippen LogP contribution in [0, 0.1) is 19.7 Å². The van der Waals surface area contributed by atoms with Gasteiger partial charge in [-0.3, -0.25) is 4.79 Å². The van der Waals surface area contributed by atoms with Gasteiger partial charge in [0.15, 0.2) is 0 Å². The van der Waals surface area contributed by atoms with Crippen molar-refractivity contribution in [2.45, 2.75) is 13.8 Å². The molecule has 0 aliphatic carbocycles. The van der Waals surface area contributed by atoms with Gasteiger partial charge in [0.2, 0.25) is 0 Å². The van der Waals surface area contributed by atoms with Gasteiger partial charge in [0.25, 0.3) is 5.91 Å². The number of aryl methyl sites for hydroxylation is 2. The Bertz CT molecular complexity index is 668. The highest BCUT2D eigenvalue weighted by Crippen LogP contribution is 2.25. The van der Waals surface area contributed by atoms with Gasteiger partial charge in [-0.1, -0.05) is 11.6 Å². The van der Waals surface area contributed by atoms with Crippen LogP contribution in [-0.2, 0) is 0 Å². The van der Waals surface area contributed by atoms with Crippen molar-refractivity contribution in [1.29, 1.82) is 0 Å². The van der Waals surface area contributed by atoms with Crippen LogP contribution in [-0.4, -0.2) is 5.91 Å². The number of hydrogen-bond acceptors (Lipinski definition) is 1. The molecule has 2 aromatic rings. The molecule has 0 aliphatic rings. The largest absolute Gasteiger partial charge is 0.322 e. The zero-order chi connectivity index (χ0) is 14.9. The second-order valence-electron chi connectivity index (χ2n) is 4.55. The van der Waals surface area contributed by atoms with Gasteiger partial charge in [-0.05, 0) is 71.2 Å². The molecule has 0 aromatic heterocycles. The molecule has 0 spiro atoms. The highest BCUT2D eigenvalue weighted by atomic mass is 79.9. The number of benzene rings is 2. The molecule has 20 heavy (non-hydrogen) atoms. The van der Waals surface area contributed by atoms with E-state index in [9.17, 15) is 9.18 Å². The quantitative estimate of drug-likeness (QED) is 0.796. The average molecular weight is 357 g/mol. The molecule has 2 rings (SSSR count). The standard InChI is InChI=1S/C15H12BrClFNO/c1-8-3-10(6-11(17)4-8)15(20)19-14-7-12(16)13(18)5-9(14)2/h3-7H,1-2H3,(H,19,20).